The Labute approximate surface area is 130 Å². The van der Waals surface area contributed by atoms with Crippen molar-refractivity contribution in [3.63, 3.8) is 0 Å². The zero-order chi connectivity index (χ0) is 16.1. The van der Waals surface area contributed by atoms with Crippen LogP contribution in [0.3, 0.4) is 0 Å². The van der Waals surface area contributed by atoms with Gasteiger partial charge in [0.1, 0.15) is 0 Å². The van der Waals surface area contributed by atoms with Crippen LogP contribution in [0.15, 0.2) is 18.5 Å². The number of amides is 1. The van der Waals surface area contributed by atoms with Gasteiger partial charge in [0, 0.05) is 6.54 Å². The molecule has 1 amide bonds. The van der Waals surface area contributed by atoms with Crippen LogP contribution in [0, 0.1) is 12.8 Å². The molecule has 0 unspecified atom stereocenters. The first-order chi connectivity index (χ1) is 10.5. The lowest BCUT2D eigenvalue weighted by Crippen LogP contribution is -2.14. The number of nitrogens with zero attached hydrogens (tertiary/aromatic N) is 4. The van der Waals surface area contributed by atoms with Crippen LogP contribution in [0.4, 0.5) is 5.69 Å². The summed E-state index contributed by atoms with van der Waals surface area (Å²) in [6.45, 7) is 9.13. The van der Waals surface area contributed by atoms with E-state index in [1.54, 1.807) is 12.3 Å². The summed E-state index contributed by atoms with van der Waals surface area (Å²) in [6, 6.07) is 1.72. The van der Waals surface area contributed by atoms with Gasteiger partial charge in [-0.2, -0.15) is 15.3 Å². The Morgan fingerprint density at radius 2 is 2.14 bits per heavy atom. The van der Waals surface area contributed by atoms with Crippen LogP contribution in [0.2, 0.25) is 0 Å². The van der Waals surface area contributed by atoms with Gasteiger partial charge in [-0.1, -0.05) is 20.8 Å². The van der Waals surface area contributed by atoms with Crippen molar-refractivity contribution in [3.05, 3.63) is 35.4 Å². The Balaban J connectivity index is 2.14. The smallest absolute Gasteiger partial charge is 0.257 e. The van der Waals surface area contributed by atoms with Crippen LogP contribution in [0.1, 0.15) is 48.9 Å². The van der Waals surface area contributed by atoms with E-state index in [0.29, 0.717) is 11.5 Å². The van der Waals surface area contributed by atoms with Crippen LogP contribution in [-0.2, 0) is 13.0 Å². The van der Waals surface area contributed by atoms with Gasteiger partial charge < -0.3 is 5.32 Å². The van der Waals surface area contributed by atoms with Crippen molar-refractivity contribution in [2.45, 2.75) is 47.1 Å². The van der Waals surface area contributed by atoms with Crippen molar-refractivity contribution in [2.75, 3.05) is 5.32 Å². The van der Waals surface area contributed by atoms with Crippen LogP contribution in [0.5, 0.6) is 0 Å². The summed E-state index contributed by atoms with van der Waals surface area (Å²) >= 11 is 0. The summed E-state index contributed by atoms with van der Waals surface area (Å²) in [5.74, 6) is 0.439. The van der Waals surface area contributed by atoms with E-state index in [1.807, 2.05) is 11.6 Å². The summed E-state index contributed by atoms with van der Waals surface area (Å²) in [4.78, 5) is 12.3. The minimum absolute atomic E-state index is 0.184. The molecule has 2 aromatic heterocycles. The molecule has 0 aliphatic rings. The van der Waals surface area contributed by atoms with E-state index in [4.69, 9.17) is 0 Å². The number of carbonyl (C=O) groups excluding carboxylic acids is 1. The average Bonchev–Trinajstić information content (AvgIpc) is 2.86. The fraction of sp³-hybridized carbons (Fsp3) is 0.500. The number of aromatic nitrogens is 4. The second-order valence-electron chi connectivity index (χ2n) is 5.80. The topological polar surface area (TPSA) is 72.7 Å². The standard InChI is InChI=1S/C16H23N5O/c1-5-15-14(10-18-21(15)7-6-11(2)3)19-16(22)13-8-12(4)20-17-9-13/h8-11H,5-7H2,1-4H3,(H,19,22). The van der Waals surface area contributed by atoms with E-state index in [1.165, 1.54) is 6.20 Å². The highest BCUT2D eigenvalue weighted by Crippen LogP contribution is 2.18. The predicted octanol–water partition coefficient (Wildman–Crippen LogP) is 2.84. The molecule has 0 saturated carbocycles. The number of nitrogens with one attached hydrogen (secondary N) is 1. The highest BCUT2D eigenvalue weighted by Gasteiger charge is 2.14. The summed E-state index contributed by atoms with van der Waals surface area (Å²) < 4.78 is 1.98. The lowest BCUT2D eigenvalue weighted by atomic mass is 10.1. The monoisotopic (exact) mass is 301 g/mol. The molecule has 0 atom stereocenters. The third-order valence-electron chi connectivity index (χ3n) is 3.49. The van der Waals surface area contributed by atoms with E-state index in [9.17, 15) is 4.79 Å². The predicted molar refractivity (Wildman–Crippen MR) is 85.8 cm³/mol. The molecule has 0 aromatic carbocycles. The number of rotatable bonds is 6. The Hall–Kier alpha value is -2.24. The first-order valence-electron chi connectivity index (χ1n) is 7.66. The zero-order valence-electron chi connectivity index (χ0n) is 13.6. The summed E-state index contributed by atoms with van der Waals surface area (Å²) in [7, 11) is 0. The maximum Gasteiger partial charge on any atom is 0.257 e. The van der Waals surface area contributed by atoms with Gasteiger partial charge in [0.15, 0.2) is 0 Å². The molecule has 22 heavy (non-hydrogen) atoms. The molecule has 118 valence electrons. The molecule has 6 nitrogen and oxygen atoms in total. The normalized spacial score (nSPS) is 11.0. The summed E-state index contributed by atoms with van der Waals surface area (Å²) in [5, 5.41) is 15.0. The molecule has 0 aliphatic carbocycles. The van der Waals surface area contributed by atoms with Crippen LogP contribution < -0.4 is 5.32 Å². The van der Waals surface area contributed by atoms with Crippen molar-refractivity contribution in [1.82, 2.24) is 20.0 Å². The van der Waals surface area contributed by atoms with E-state index in [0.717, 1.165) is 36.5 Å². The number of aryl methyl sites for hydroxylation is 2. The largest absolute Gasteiger partial charge is 0.319 e. The van der Waals surface area contributed by atoms with Crippen molar-refractivity contribution in [2.24, 2.45) is 5.92 Å². The van der Waals surface area contributed by atoms with Crippen molar-refractivity contribution in [1.29, 1.82) is 0 Å². The van der Waals surface area contributed by atoms with Gasteiger partial charge in [0.05, 0.1) is 35.0 Å². The van der Waals surface area contributed by atoms with Crippen LogP contribution in [0.25, 0.3) is 0 Å². The molecule has 0 bridgehead atoms. The van der Waals surface area contributed by atoms with Gasteiger partial charge >= 0.3 is 0 Å². The first-order valence-corrected chi connectivity index (χ1v) is 7.66. The van der Waals surface area contributed by atoms with Crippen LogP contribution >= 0.6 is 0 Å². The van der Waals surface area contributed by atoms with E-state index in [2.05, 4.69) is 41.4 Å². The molecule has 1 N–H and O–H groups in total. The lowest BCUT2D eigenvalue weighted by molar-refractivity contribution is 0.102. The maximum absolute atomic E-state index is 12.3. The molecule has 0 spiro atoms. The fourth-order valence-corrected chi connectivity index (χ4v) is 2.25. The summed E-state index contributed by atoms with van der Waals surface area (Å²) in [5.41, 5.74) is 3.04. The Bertz CT molecular complexity index is 648. The Kier molecular flexibility index (Phi) is 5.25. The van der Waals surface area contributed by atoms with Crippen molar-refractivity contribution < 1.29 is 4.79 Å². The summed E-state index contributed by atoms with van der Waals surface area (Å²) in [6.07, 6.45) is 5.08. The number of anilines is 1. The lowest BCUT2D eigenvalue weighted by Gasteiger charge is -2.10. The molecule has 2 heterocycles. The Morgan fingerprint density at radius 3 is 2.77 bits per heavy atom. The highest BCUT2D eigenvalue weighted by atomic mass is 16.1. The molecule has 0 fully saturated rings. The maximum atomic E-state index is 12.3. The average molecular weight is 301 g/mol. The Morgan fingerprint density at radius 1 is 1.36 bits per heavy atom. The van der Waals surface area contributed by atoms with Gasteiger partial charge in [-0.05, 0) is 31.7 Å². The minimum Gasteiger partial charge on any atom is -0.319 e. The van der Waals surface area contributed by atoms with E-state index in [-0.39, 0.29) is 5.91 Å². The molecule has 2 aromatic rings. The van der Waals surface area contributed by atoms with Gasteiger partial charge in [-0.25, -0.2) is 0 Å². The first kappa shape index (κ1) is 16.1. The third kappa shape index (κ3) is 3.90. The number of hydrogen-bond donors (Lipinski definition) is 1. The van der Waals surface area contributed by atoms with Gasteiger partial charge in [-0.3, -0.25) is 9.48 Å². The van der Waals surface area contributed by atoms with Crippen molar-refractivity contribution in [3.8, 4) is 0 Å². The van der Waals surface area contributed by atoms with Crippen LogP contribution in [-0.4, -0.2) is 25.9 Å². The molecule has 0 aliphatic heterocycles. The van der Waals surface area contributed by atoms with Gasteiger partial charge in [-0.15, -0.1) is 0 Å². The second-order valence-corrected chi connectivity index (χ2v) is 5.80. The molecule has 6 heteroatoms. The quantitative estimate of drug-likeness (QED) is 0.890. The van der Waals surface area contributed by atoms with Gasteiger partial charge in [0.25, 0.3) is 5.91 Å². The van der Waals surface area contributed by atoms with E-state index < -0.39 is 0 Å². The molecule has 0 radical (unpaired) electrons. The second kappa shape index (κ2) is 7.15. The van der Waals surface area contributed by atoms with Gasteiger partial charge in [0.2, 0.25) is 0 Å². The highest BCUT2D eigenvalue weighted by molar-refractivity contribution is 6.04. The third-order valence-corrected chi connectivity index (χ3v) is 3.49. The fourth-order valence-electron chi connectivity index (χ4n) is 2.25. The number of hydrogen-bond acceptors (Lipinski definition) is 4. The van der Waals surface area contributed by atoms with E-state index >= 15 is 0 Å². The number of carbonyl (C=O) groups is 1. The molecular formula is C16H23N5O. The van der Waals surface area contributed by atoms with Crippen molar-refractivity contribution >= 4 is 11.6 Å². The minimum atomic E-state index is -0.184. The zero-order valence-corrected chi connectivity index (χ0v) is 13.6. The molecule has 2 rings (SSSR count). The SMILES string of the molecule is CCc1c(NC(=O)c2cnnc(C)c2)cnn1CCC(C)C. The molecule has 0 saturated heterocycles. The molecular weight excluding hydrogens is 278 g/mol.